The Morgan fingerprint density at radius 2 is 1.76 bits per heavy atom. The summed E-state index contributed by atoms with van der Waals surface area (Å²) in [4.78, 5) is 41.2. The highest BCUT2D eigenvalue weighted by Crippen LogP contribution is 2.41. The number of aromatic nitrogens is 3. The van der Waals surface area contributed by atoms with Crippen LogP contribution < -0.4 is 10.6 Å². The van der Waals surface area contributed by atoms with Crippen LogP contribution in [-0.4, -0.2) is 43.9 Å². The molecule has 0 saturated carbocycles. The Kier molecular flexibility index (Phi) is 7.53. The van der Waals surface area contributed by atoms with Crippen LogP contribution in [0.5, 0.6) is 0 Å². The van der Waals surface area contributed by atoms with Crippen molar-refractivity contribution in [3.05, 3.63) is 83.2 Å². The van der Waals surface area contributed by atoms with E-state index in [0.717, 1.165) is 27.6 Å². The number of carbonyl (C=O) groups is 3. The first-order valence-corrected chi connectivity index (χ1v) is 13.4. The molecule has 0 fully saturated rings. The molecule has 11 nitrogen and oxygen atoms in total. The average Bonchev–Trinajstić information content (AvgIpc) is 3.63. The van der Waals surface area contributed by atoms with Gasteiger partial charge in [0, 0.05) is 23.5 Å². The molecule has 2 aromatic heterocycles. The second kappa shape index (κ2) is 11.1. The summed E-state index contributed by atoms with van der Waals surface area (Å²) >= 11 is 0. The monoisotopic (exact) mass is 559 g/mol. The number of aliphatic carboxylic acids is 1. The molecule has 0 radical (unpaired) electrons. The van der Waals surface area contributed by atoms with Crippen molar-refractivity contribution in [3.63, 3.8) is 0 Å². The molecule has 5 rings (SSSR count). The van der Waals surface area contributed by atoms with Crippen molar-refractivity contribution in [2.24, 2.45) is 5.41 Å². The molecule has 2 aromatic carbocycles. The number of para-hydroxylation sites is 1. The van der Waals surface area contributed by atoms with E-state index < -0.39 is 35.0 Å². The van der Waals surface area contributed by atoms with Gasteiger partial charge in [0.05, 0.1) is 18.4 Å². The lowest BCUT2D eigenvalue weighted by Crippen LogP contribution is -2.45. The van der Waals surface area contributed by atoms with E-state index in [1.807, 2.05) is 54.7 Å². The highest BCUT2D eigenvalue weighted by atomic mass is 16.6. The molecule has 0 saturated heterocycles. The Balaban J connectivity index is 1.41. The third-order valence-electron chi connectivity index (χ3n) is 7.12. The van der Waals surface area contributed by atoms with Crippen LogP contribution in [0.3, 0.4) is 0 Å². The van der Waals surface area contributed by atoms with Crippen LogP contribution in [0.25, 0.3) is 10.9 Å². The van der Waals surface area contributed by atoms with E-state index in [2.05, 4.69) is 25.8 Å². The second-order valence-corrected chi connectivity index (χ2v) is 11.5. The number of benzene rings is 2. The Labute approximate surface area is 236 Å². The third-order valence-corrected chi connectivity index (χ3v) is 7.12. The molecule has 0 aliphatic heterocycles. The van der Waals surface area contributed by atoms with Crippen molar-refractivity contribution in [1.82, 2.24) is 25.8 Å². The van der Waals surface area contributed by atoms with Gasteiger partial charge in [0.1, 0.15) is 11.6 Å². The van der Waals surface area contributed by atoms with Gasteiger partial charge in [-0.05, 0) is 56.4 Å². The Morgan fingerprint density at radius 3 is 2.44 bits per heavy atom. The number of alkyl carbamates (subject to hydrolysis) is 1. The largest absolute Gasteiger partial charge is 0.481 e. The smallest absolute Gasteiger partial charge is 0.408 e. The molecule has 1 aliphatic carbocycles. The first kappa shape index (κ1) is 27.9. The molecular weight excluding hydrogens is 526 g/mol. The minimum absolute atomic E-state index is 0.0616. The molecule has 41 heavy (non-hydrogen) atoms. The van der Waals surface area contributed by atoms with Gasteiger partial charge in [0.2, 0.25) is 17.7 Å². The number of hydrogen-bond donors (Lipinski definition) is 4. The lowest BCUT2D eigenvalue weighted by Gasteiger charge is -2.28. The van der Waals surface area contributed by atoms with Crippen LogP contribution in [0.15, 0.2) is 59.1 Å². The highest BCUT2D eigenvalue weighted by molar-refractivity contribution is 5.89. The number of carbonyl (C=O) groups excluding carboxylic acids is 2. The number of rotatable bonds is 9. The summed E-state index contributed by atoms with van der Waals surface area (Å²) in [5, 5.41) is 24.6. The predicted molar refractivity (Wildman–Crippen MR) is 149 cm³/mol. The number of fused-ring (bicyclic) bond motifs is 2. The van der Waals surface area contributed by atoms with Crippen LogP contribution in [0.1, 0.15) is 61.7 Å². The fourth-order valence-corrected chi connectivity index (χ4v) is 5.32. The number of aromatic amines is 1. The van der Waals surface area contributed by atoms with Crippen LogP contribution in [-0.2, 0) is 40.1 Å². The van der Waals surface area contributed by atoms with E-state index in [9.17, 15) is 19.5 Å². The van der Waals surface area contributed by atoms with Gasteiger partial charge < -0.3 is 29.9 Å². The van der Waals surface area contributed by atoms with Crippen LogP contribution in [0.4, 0.5) is 4.79 Å². The van der Waals surface area contributed by atoms with Crippen molar-refractivity contribution in [3.8, 4) is 0 Å². The van der Waals surface area contributed by atoms with Crippen molar-refractivity contribution in [2.75, 3.05) is 0 Å². The van der Waals surface area contributed by atoms with Gasteiger partial charge in [-0.25, -0.2) is 4.79 Å². The molecule has 0 unspecified atom stereocenters. The molecule has 4 N–H and O–H groups in total. The number of amides is 2. The van der Waals surface area contributed by atoms with Crippen molar-refractivity contribution in [1.29, 1.82) is 0 Å². The maximum absolute atomic E-state index is 14.0. The summed E-state index contributed by atoms with van der Waals surface area (Å²) < 4.78 is 11.1. The Hall–Kier alpha value is -4.67. The van der Waals surface area contributed by atoms with Crippen molar-refractivity contribution >= 4 is 28.9 Å². The van der Waals surface area contributed by atoms with E-state index in [1.165, 1.54) is 0 Å². The van der Waals surface area contributed by atoms with E-state index in [-0.39, 0.29) is 24.7 Å². The quantitative estimate of drug-likeness (QED) is 0.237. The second-order valence-electron chi connectivity index (χ2n) is 11.5. The first-order valence-electron chi connectivity index (χ1n) is 13.4. The van der Waals surface area contributed by atoms with Crippen molar-refractivity contribution < 1.29 is 28.6 Å². The number of nitrogens with zero attached hydrogens (tertiary/aromatic N) is 2. The normalized spacial score (nSPS) is 14.8. The summed E-state index contributed by atoms with van der Waals surface area (Å²) in [6.07, 6.45) is 1.86. The van der Waals surface area contributed by atoms with Crippen molar-refractivity contribution in [2.45, 2.75) is 64.6 Å². The number of carboxylic acid groups (broad SMARTS) is 1. The number of carboxylic acids is 1. The molecule has 0 spiro atoms. The van der Waals surface area contributed by atoms with E-state index >= 15 is 0 Å². The molecule has 4 aromatic rings. The zero-order valence-corrected chi connectivity index (χ0v) is 23.2. The van der Waals surface area contributed by atoms with Crippen LogP contribution >= 0.6 is 0 Å². The maximum Gasteiger partial charge on any atom is 0.408 e. The number of hydrogen-bond acceptors (Lipinski definition) is 7. The Bertz CT molecular complexity index is 1560. The number of H-pyrrole nitrogens is 1. The first-order chi connectivity index (χ1) is 19.5. The standard InChI is InChI=1S/C30H33N5O6/c1-29(2,3)41-28(39)32-17-24-34-35-26(40-24)23(12-20-16-31-22-11-7-6-10-21(20)22)33-27(38)30(15-25(36)37)13-18-8-4-5-9-19(18)14-30/h4-11,16,23,31H,12-15,17H2,1-3H3,(H,32,39)(H,33,38)(H,36,37)/t23-/m0/s1. The molecule has 214 valence electrons. The minimum Gasteiger partial charge on any atom is -0.481 e. The van der Waals surface area contributed by atoms with E-state index in [0.29, 0.717) is 19.3 Å². The van der Waals surface area contributed by atoms with E-state index in [1.54, 1.807) is 20.8 Å². The van der Waals surface area contributed by atoms with E-state index in [4.69, 9.17) is 9.15 Å². The predicted octanol–water partition coefficient (Wildman–Crippen LogP) is 4.24. The molecule has 1 aliphatic rings. The fraction of sp³-hybridized carbons (Fsp3) is 0.367. The highest BCUT2D eigenvalue weighted by Gasteiger charge is 2.46. The summed E-state index contributed by atoms with van der Waals surface area (Å²) in [5.41, 5.74) is 1.96. The van der Waals surface area contributed by atoms with Gasteiger partial charge in [-0.1, -0.05) is 42.5 Å². The van der Waals surface area contributed by atoms with Crippen LogP contribution in [0.2, 0.25) is 0 Å². The average molecular weight is 560 g/mol. The van der Waals surface area contributed by atoms with Crippen LogP contribution in [0, 0.1) is 5.41 Å². The molecule has 11 heteroatoms. The zero-order valence-electron chi connectivity index (χ0n) is 23.2. The van der Waals surface area contributed by atoms with Gasteiger partial charge >= 0.3 is 12.1 Å². The molecule has 2 amide bonds. The van der Waals surface area contributed by atoms with Gasteiger partial charge in [-0.15, -0.1) is 10.2 Å². The topological polar surface area (TPSA) is 159 Å². The molecule has 1 atom stereocenters. The summed E-state index contributed by atoms with van der Waals surface area (Å²) in [7, 11) is 0. The minimum atomic E-state index is -1.16. The molecular formula is C30H33N5O6. The Morgan fingerprint density at radius 1 is 1.07 bits per heavy atom. The lowest BCUT2D eigenvalue weighted by molar-refractivity contribution is -0.145. The number of nitrogens with one attached hydrogen (secondary N) is 3. The maximum atomic E-state index is 14.0. The molecule has 2 heterocycles. The van der Waals surface area contributed by atoms with Gasteiger partial charge in [0.25, 0.3) is 0 Å². The number of ether oxygens (including phenoxy) is 1. The fourth-order valence-electron chi connectivity index (χ4n) is 5.32. The molecule has 0 bridgehead atoms. The van der Waals surface area contributed by atoms with Gasteiger partial charge in [-0.2, -0.15) is 0 Å². The lowest BCUT2D eigenvalue weighted by atomic mass is 9.80. The van der Waals surface area contributed by atoms with Gasteiger partial charge in [0.15, 0.2) is 0 Å². The SMILES string of the molecule is CC(C)(C)OC(=O)NCc1nnc([C@H](Cc2c[nH]c3ccccc23)NC(=O)C2(CC(=O)O)Cc3ccccc3C2)o1. The summed E-state index contributed by atoms with van der Waals surface area (Å²) in [6, 6.07) is 14.7. The van der Waals surface area contributed by atoms with Gasteiger partial charge in [-0.3, -0.25) is 9.59 Å². The summed E-state index contributed by atoms with van der Waals surface area (Å²) in [5.74, 6) is -1.16. The third kappa shape index (κ3) is 6.40. The zero-order chi connectivity index (χ0) is 29.2. The summed E-state index contributed by atoms with van der Waals surface area (Å²) in [6.45, 7) is 5.22.